The standard InChI is InChI=1S/C13H9FN2O/c1-8-6-11-13(15-7-8)17-12(16-11)9-2-4-10(14)5-3-9/h2-7H,1H3. The zero-order valence-corrected chi connectivity index (χ0v) is 9.14. The van der Waals surface area contributed by atoms with Crippen molar-refractivity contribution >= 4 is 11.2 Å². The van der Waals surface area contributed by atoms with Gasteiger partial charge >= 0.3 is 0 Å². The fourth-order valence-corrected chi connectivity index (χ4v) is 1.64. The molecule has 0 spiro atoms. The van der Waals surface area contributed by atoms with E-state index in [1.54, 1.807) is 18.3 Å². The Bertz CT molecular complexity index is 673. The summed E-state index contributed by atoms with van der Waals surface area (Å²) in [5.41, 5.74) is 2.97. The number of hydrogen-bond donors (Lipinski definition) is 0. The van der Waals surface area contributed by atoms with Crippen molar-refractivity contribution in [1.29, 1.82) is 0 Å². The summed E-state index contributed by atoms with van der Waals surface area (Å²) in [6, 6.07) is 7.92. The summed E-state index contributed by atoms with van der Waals surface area (Å²) in [4.78, 5) is 8.46. The van der Waals surface area contributed by atoms with Crippen LogP contribution in [0.1, 0.15) is 5.56 Å². The Morgan fingerprint density at radius 1 is 1.18 bits per heavy atom. The Labute approximate surface area is 96.9 Å². The molecule has 0 N–H and O–H groups in total. The SMILES string of the molecule is Cc1cnc2oc(-c3ccc(F)cc3)nc2c1. The zero-order chi connectivity index (χ0) is 11.8. The van der Waals surface area contributed by atoms with Gasteiger partial charge in [-0.25, -0.2) is 14.4 Å². The van der Waals surface area contributed by atoms with Crippen LogP contribution in [0.3, 0.4) is 0 Å². The zero-order valence-electron chi connectivity index (χ0n) is 9.14. The van der Waals surface area contributed by atoms with Gasteiger partial charge in [-0.15, -0.1) is 0 Å². The summed E-state index contributed by atoms with van der Waals surface area (Å²) in [6.07, 6.45) is 1.72. The molecule has 3 aromatic rings. The molecule has 2 heterocycles. The van der Waals surface area contributed by atoms with E-state index >= 15 is 0 Å². The largest absolute Gasteiger partial charge is 0.418 e. The molecule has 0 radical (unpaired) electrons. The van der Waals surface area contributed by atoms with E-state index in [4.69, 9.17) is 4.42 Å². The quantitative estimate of drug-likeness (QED) is 0.641. The number of rotatable bonds is 1. The molecule has 0 bridgehead atoms. The molecule has 0 unspecified atom stereocenters. The van der Waals surface area contributed by atoms with Gasteiger partial charge in [0, 0.05) is 11.8 Å². The van der Waals surface area contributed by atoms with Gasteiger partial charge in [0.15, 0.2) is 0 Å². The van der Waals surface area contributed by atoms with E-state index in [0.29, 0.717) is 17.1 Å². The first-order chi connectivity index (χ1) is 8.22. The molecule has 0 fully saturated rings. The van der Waals surface area contributed by atoms with Gasteiger partial charge in [-0.05, 0) is 42.8 Å². The van der Waals surface area contributed by atoms with E-state index in [9.17, 15) is 4.39 Å². The lowest BCUT2D eigenvalue weighted by Gasteiger charge is -1.93. The molecule has 0 amide bonds. The Kier molecular flexibility index (Phi) is 2.14. The molecular formula is C13H9FN2O. The molecular weight excluding hydrogens is 219 g/mol. The second-order valence-corrected chi connectivity index (χ2v) is 3.86. The van der Waals surface area contributed by atoms with E-state index in [1.165, 1.54) is 12.1 Å². The number of halogens is 1. The summed E-state index contributed by atoms with van der Waals surface area (Å²) in [5.74, 6) is 0.178. The van der Waals surface area contributed by atoms with Crippen molar-refractivity contribution in [3.8, 4) is 11.5 Å². The number of aryl methyl sites for hydroxylation is 1. The van der Waals surface area contributed by atoms with Gasteiger partial charge in [0.2, 0.25) is 11.6 Å². The molecule has 4 heteroatoms. The third kappa shape index (κ3) is 1.78. The lowest BCUT2D eigenvalue weighted by Crippen LogP contribution is -1.78. The van der Waals surface area contributed by atoms with Crippen molar-refractivity contribution in [2.45, 2.75) is 6.92 Å². The summed E-state index contributed by atoms with van der Waals surface area (Å²) in [5, 5.41) is 0. The highest BCUT2D eigenvalue weighted by atomic mass is 19.1. The maximum atomic E-state index is 12.8. The van der Waals surface area contributed by atoms with Crippen molar-refractivity contribution in [3.63, 3.8) is 0 Å². The van der Waals surface area contributed by atoms with Gasteiger partial charge in [-0.1, -0.05) is 0 Å². The lowest BCUT2D eigenvalue weighted by atomic mass is 10.2. The lowest BCUT2D eigenvalue weighted by molar-refractivity contribution is 0.606. The first kappa shape index (κ1) is 9.96. The molecule has 84 valence electrons. The summed E-state index contributed by atoms with van der Waals surface area (Å²) in [7, 11) is 0. The predicted octanol–water partition coefficient (Wildman–Crippen LogP) is 3.34. The fraction of sp³-hybridized carbons (Fsp3) is 0.0769. The average Bonchev–Trinajstić information content (AvgIpc) is 2.72. The van der Waals surface area contributed by atoms with Crippen LogP contribution in [0.5, 0.6) is 0 Å². The Morgan fingerprint density at radius 2 is 1.94 bits per heavy atom. The number of aromatic nitrogens is 2. The fourth-order valence-electron chi connectivity index (χ4n) is 1.64. The van der Waals surface area contributed by atoms with Crippen LogP contribution in [-0.2, 0) is 0 Å². The number of hydrogen-bond acceptors (Lipinski definition) is 3. The summed E-state index contributed by atoms with van der Waals surface area (Å²) in [6.45, 7) is 1.94. The topological polar surface area (TPSA) is 38.9 Å². The van der Waals surface area contributed by atoms with Crippen molar-refractivity contribution in [3.05, 3.63) is 47.9 Å². The van der Waals surface area contributed by atoms with Gasteiger partial charge in [0.1, 0.15) is 11.3 Å². The molecule has 0 aliphatic carbocycles. The molecule has 0 aliphatic heterocycles. The van der Waals surface area contributed by atoms with Gasteiger partial charge in [-0.3, -0.25) is 0 Å². The van der Waals surface area contributed by atoms with Crippen LogP contribution in [0.4, 0.5) is 4.39 Å². The normalized spacial score (nSPS) is 10.9. The summed E-state index contributed by atoms with van der Waals surface area (Å²) >= 11 is 0. The van der Waals surface area contributed by atoms with Crippen LogP contribution < -0.4 is 0 Å². The minimum absolute atomic E-state index is 0.279. The predicted molar refractivity (Wildman–Crippen MR) is 61.9 cm³/mol. The van der Waals surface area contributed by atoms with E-state index in [2.05, 4.69) is 9.97 Å². The maximum absolute atomic E-state index is 12.8. The third-order valence-electron chi connectivity index (χ3n) is 2.48. The van der Waals surface area contributed by atoms with E-state index in [0.717, 1.165) is 11.1 Å². The minimum atomic E-state index is -0.279. The van der Waals surface area contributed by atoms with Crippen LogP contribution in [0.15, 0.2) is 40.9 Å². The van der Waals surface area contributed by atoms with Crippen molar-refractivity contribution in [2.24, 2.45) is 0 Å². The van der Waals surface area contributed by atoms with E-state index < -0.39 is 0 Å². The number of oxazole rings is 1. The molecule has 0 atom stereocenters. The van der Waals surface area contributed by atoms with Crippen molar-refractivity contribution < 1.29 is 8.81 Å². The van der Waals surface area contributed by atoms with Crippen LogP contribution in [0, 0.1) is 12.7 Å². The van der Waals surface area contributed by atoms with Gasteiger partial charge in [0.05, 0.1) is 0 Å². The first-order valence-electron chi connectivity index (χ1n) is 5.21. The molecule has 3 nitrogen and oxygen atoms in total. The maximum Gasteiger partial charge on any atom is 0.247 e. The van der Waals surface area contributed by atoms with Gasteiger partial charge in [0.25, 0.3) is 0 Å². The highest BCUT2D eigenvalue weighted by molar-refractivity contribution is 5.72. The molecule has 3 rings (SSSR count). The number of pyridine rings is 1. The highest BCUT2D eigenvalue weighted by Gasteiger charge is 2.08. The van der Waals surface area contributed by atoms with Crippen LogP contribution >= 0.6 is 0 Å². The monoisotopic (exact) mass is 228 g/mol. The van der Waals surface area contributed by atoms with Crippen LogP contribution in [-0.4, -0.2) is 9.97 Å². The highest BCUT2D eigenvalue weighted by Crippen LogP contribution is 2.23. The summed E-state index contributed by atoms with van der Waals surface area (Å²) < 4.78 is 18.3. The third-order valence-corrected chi connectivity index (χ3v) is 2.48. The van der Waals surface area contributed by atoms with Crippen LogP contribution in [0.25, 0.3) is 22.7 Å². The Morgan fingerprint density at radius 3 is 2.71 bits per heavy atom. The first-order valence-corrected chi connectivity index (χ1v) is 5.21. The molecule has 2 aromatic heterocycles. The molecule has 17 heavy (non-hydrogen) atoms. The van der Waals surface area contributed by atoms with E-state index in [1.807, 2.05) is 13.0 Å². The van der Waals surface area contributed by atoms with Crippen molar-refractivity contribution in [2.75, 3.05) is 0 Å². The minimum Gasteiger partial charge on any atom is -0.418 e. The van der Waals surface area contributed by atoms with Crippen molar-refractivity contribution in [1.82, 2.24) is 9.97 Å². The number of nitrogens with zero attached hydrogens (tertiary/aromatic N) is 2. The number of benzene rings is 1. The van der Waals surface area contributed by atoms with Gasteiger partial charge in [-0.2, -0.15) is 0 Å². The molecule has 0 aliphatic rings. The molecule has 1 aromatic carbocycles. The average molecular weight is 228 g/mol. The molecule has 0 saturated heterocycles. The molecule has 0 saturated carbocycles. The Balaban J connectivity index is 2.14. The van der Waals surface area contributed by atoms with E-state index in [-0.39, 0.29) is 5.82 Å². The Hall–Kier alpha value is -2.23. The number of fused-ring (bicyclic) bond motifs is 1. The smallest absolute Gasteiger partial charge is 0.247 e. The van der Waals surface area contributed by atoms with Crippen LogP contribution in [0.2, 0.25) is 0 Å². The second kappa shape index (κ2) is 3.66. The second-order valence-electron chi connectivity index (χ2n) is 3.86. The van der Waals surface area contributed by atoms with Gasteiger partial charge < -0.3 is 4.42 Å².